The largest absolute Gasteiger partial charge is 0.491 e. The molecule has 1 aliphatic heterocycles. The van der Waals surface area contributed by atoms with Crippen molar-refractivity contribution < 1.29 is 9.53 Å². The Kier molecular flexibility index (Phi) is 8.68. The predicted octanol–water partition coefficient (Wildman–Crippen LogP) is -0.663. The number of halogens is 1. The fraction of sp³-hybridized carbons (Fsp3) is 0.647. The molecule has 0 aliphatic carbocycles. The van der Waals surface area contributed by atoms with Gasteiger partial charge in [-0.05, 0) is 20.5 Å². The van der Waals surface area contributed by atoms with E-state index in [2.05, 4.69) is 25.8 Å². The summed E-state index contributed by atoms with van der Waals surface area (Å²) in [6.07, 6.45) is 2.83. The molecule has 1 unspecified atom stereocenters. The summed E-state index contributed by atoms with van der Waals surface area (Å²) in [6, 6.07) is 1.72. The Bertz CT molecular complexity index is 594. The number of hydrogen-bond acceptors (Lipinski definition) is 8. The van der Waals surface area contributed by atoms with Crippen molar-refractivity contribution in [1.29, 1.82) is 0 Å². The van der Waals surface area contributed by atoms with Gasteiger partial charge in [-0.2, -0.15) is 0 Å². The monoisotopic (exact) mass is 399 g/mol. The van der Waals surface area contributed by atoms with Crippen molar-refractivity contribution in [3.8, 4) is 5.75 Å². The van der Waals surface area contributed by atoms with Crippen LogP contribution in [0.4, 0.5) is 5.69 Å². The van der Waals surface area contributed by atoms with Crippen LogP contribution in [-0.4, -0.2) is 73.8 Å². The molecular formula is C17H30ClN7O2. The summed E-state index contributed by atoms with van der Waals surface area (Å²) in [5, 5.41) is 9.14. The van der Waals surface area contributed by atoms with Crippen LogP contribution in [-0.2, 0) is 4.79 Å². The summed E-state index contributed by atoms with van der Waals surface area (Å²) >= 11 is 6.06. The van der Waals surface area contributed by atoms with E-state index in [0.717, 1.165) is 13.0 Å². The van der Waals surface area contributed by atoms with Gasteiger partial charge in [0.15, 0.2) is 0 Å². The van der Waals surface area contributed by atoms with Crippen LogP contribution in [0.2, 0.25) is 0 Å². The molecule has 0 spiro atoms. The van der Waals surface area contributed by atoms with Crippen LogP contribution in [0, 0.1) is 5.92 Å². The van der Waals surface area contributed by atoms with Crippen LogP contribution < -0.4 is 32.2 Å². The second kappa shape index (κ2) is 10.7. The number of alkyl halides is 1. The number of ether oxygens (including phenoxy) is 1. The molecule has 0 radical (unpaired) electrons. The molecule has 0 saturated carbocycles. The number of amides is 1. The standard InChI is InChI=1S/C17H30ClN7O2/c1-25(2)6-3-7-27-13-4-5-21-10-12(13)24-17(26)14(15(19)20)16-22-8-11(18)9-23-16/h4-5,10-11,14-16,22-23H,3,6-9,19-20H2,1-2H3,(H,24,26). The van der Waals surface area contributed by atoms with Gasteiger partial charge in [0.05, 0.1) is 36.4 Å². The van der Waals surface area contributed by atoms with E-state index in [1.807, 2.05) is 14.1 Å². The van der Waals surface area contributed by atoms with Gasteiger partial charge >= 0.3 is 0 Å². The van der Waals surface area contributed by atoms with Crippen LogP contribution >= 0.6 is 11.6 Å². The van der Waals surface area contributed by atoms with Gasteiger partial charge in [-0.1, -0.05) is 0 Å². The zero-order valence-electron chi connectivity index (χ0n) is 15.8. The Labute approximate surface area is 165 Å². The van der Waals surface area contributed by atoms with Crippen LogP contribution in [0.3, 0.4) is 0 Å². The molecule has 0 aromatic carbocycles. The minimum absolute atomic E-state index is 0.0422. The molecule has 1 aromatic heterocycles. The fourth-order valence-electron chi connectivity index (χ4n) is 2.84. The number of pyridine rings is 1. The van der Waals surface area contributed by atoms with E-state index in [1.165, 1.54) is 0 Å². The lowest BCUT2D eigenvalue weighted by Gasteiger charge is -2.35. The summed E-state index contributed by atoms with van der Waals surface area (Å²) < 4.78 is 5.80. The third kappa shape index (κ3) is 6.87. The van der Waals surface area contributed by atoms with E-state index >= 15 is 0 Å². The van der Waals surface area contributed by atoms with E-state index < -0.39 is 12.1 Å². The van der Waals surface area contributed by atoms with Gasteiger partial charge in [0.1, 0.15) is 11.4 Å². The molecule has 152 valence electrons. The van der Waals surface area contributed by atoms with Crippen LogP contribution in [0.1, 0.15) is 6.42 Å². The Morgan fingerprint density at radius 1 is 1.44 bits per heavy atom. The molecule has 1 saturated heterocycles. The SMILES string of the molecule is CN(C)CCCOc1ccncc1NC(=O)C(C(N)N)C1NCC(Cl)CN1. The molecule has 1 aromatic rings. The van der Waals surface area contributed by atoms with Crippen molar-refractivity contribution in [3.63, 3.8) is 0 Å². The molecule has 2 heterocycles. The first kappa shape index (κ1) is 21.8. The molecule has 7 N–H and O–H groups in total. The van der Waals surface area contributed by atoms with Gasteiger partial charge in [-0.15, -0.1) is 11.6 Å². The summed E-state index contributed by atoms with van der Waals surface area (Å²) in [5.41, 5.74) is 12.2. The van der Waals surface area contributed by atoms with E-state index in [4.69, 9.17) is 27.8 Å². The molecule has 1 atom stereocenters. The Morgan fingerprint density at radius 2 is 2.15 bits per heavy atom. The molecule has 1 amide bonds. The minimum atomic E-state index is -0.844. The predicted molar refractivity (Wildman–Crippen MR) is 107 cm³/mol. The molecule has 0 bridgehead atoms. The maximum atomic E-state index is 12.8. The minimum Gasteiger partial charge on any atom is -0.491 e. The Morgan fingerprint density at radius 3 is 2.78 bits per heavy atom. The topological polar surface area (TPSA) is 131 Å². The first-order valence-corrected chi connectivity index (χ1v) is 9.46. The second-order valence-electron chi connectivity index (χ2n) is 6.86. The normalized spacial score (nSPS) is 21.3. The second-order valence-corrected chi connectivity index (χ2v) is 7.48. The number of nitrogens with two attached hydrogens (primary N) is 2. The number of anilines is 1. The van der Waals surface area contributed by atoms with Gasteiger partial charge in [0, 0.05) is 31.9 Å². The maximum absolute atomic E-state index is 12.8. The lowest BCUT2D eigenvalue weighted by Crippen LogP contribution is -2.64. The summed E-state index contributed by atoms with van der Waals surface area (Å²) in [7, 11) is 4.02. The molecule has 27 heavy (non-hydrogen) atoms. The quantitative estimate of drug-likeness (QED) is 0.210. The summed E-state index contributed by atoms with van der Waals surface area (Å²) in [4.78, 5) is 19.0. The maximum Gasteiger partial charge on any atom is 0.233 e. The van der Waals surface area contributed by atoms with Crippen molar-refractivity contribution in [2.24, 2.45) is 17.4 Å². The molecule has 9 nitrogen and oxygen atoms in total. The highest BCUT2D eigenvalue weighted by Gasteiger charge is 2.34. The van der Waals surface area contributed by atoms with E-state index in [0.29, 0.717) is 31.1 Å². The zero-order valence-corrected chi connectivity index (χ0v) is 16.6. The molecule has 1 fully saturated rings. The highest BCUT2D eigenvalue weighted by molar-refractivity contribution is 6.21. The van der Waals surface area contributed by atoms with Gasteiger partial charge in [-0.3, -0.25) is 20.4 Å². The number of nitrogens with zero attached hydrogens (tertiary/aromatic N) is 2. The zero-order chi connectivity index (χ0) is 19.8. The number of rotatable bonds is 9. The Hall–Kier alpha value is -1.49. The average molecular weight is 400 g/mol. The molecule has 1 aliphatic rings. The van der Waals surface area contributed by atoms with Gasteiger partial charge in [-0.25, -0.2) is 0 Å². The molecule has 2 rings (SSSR count). The van der Waals surface area contributed by atoms with Crippen molar-refractivity contribution in [2.75, 3.05) is 45.7 Å². The average Bonchev–Trinajstić information content (AvgIpc) is 2.61. The van der Waals surface area contributed by atoms with Crippen molar-refractivity contribution in [1.82, 2.24) is 20.5 Å². The summed E-state index contributed by atoms with van der Waals surface area (Å²) in [6.45, 7) is 2.59. The Balaban J connectivity index is 2.00. The highest BCUT2D eigenvalue weighted by Crippen LogP contribution is 2.24. The van der Waals surface area contributed by atoms with Crippen LogP contribution in [0.25, 0.3) is 0 Å². The molecule has 10 heteroatoms. The number of carbonyl (C=O) groups excluding carboxylic acids is 1. The fourth-order valence-corrected chi connectivity index (χ4v) is 3.01. The smallest absolute Gasteiger partial charge is 0.233 e. The van der Waals surface area contributed by atoms with Gasteiger partial charge < -0.3 is 26.4 Å². The van der Waals surface area contributed by atoms with Gasteiger partial charge in [0.25, 0.3) is 0 Å². The van der Waals surface area contributed by atoms with E-state index in [1.54, 1.807) is 18.5 Å². The third-order valence-electron chi connectivity index (χ3n) is 4.24. The molecular weight excluding hydrogens is 370 g/mol. The van der Waals surface area contributed by atoms with Crippen LogP contribution in [0.15, 0.2) is 18.5 Å². The summed E-state index contributed by atoms with van der Waals surface area (Å²) in [5.74, 6) is -0.433. The van der Waals surface area contributed by atoms with Crippen molar-refractivity contribution in [3.05, 3.63) is 18.5 Å². The highest BCUT2D eigenvalue weighted by atomic mass is 35.5. The van der Waals surface area contributed by atoms with E-state index in [9.17, 15) is 4.79 Å². The number of carbonyl (C=O) groups is 1. The van der Waals surface area contributed by atoms with Crippen molar-refractivity contribution in [2.45, 2.75) is 24.1 Å². The van der Waals surface area contributed by atoms with Crippen LogP contribution in [0.5, 0.6) is 5.75 Å². The lowest BCUT2D eigenvalue weighted by molar-refractivity contribution is -0.121. The van der Waals surface area contributed by atoms with Gasteiger partial charge in [0.2, 0.25) is 5.91 Å². The lowest BCUT2D eigenvalue weighted by atomic mass is 10.00. The number of aromatic nitrogens is 1. The number of hydrogen-bond donors (Lipinski definition) is 5. The van der Waals surface area contributed by atoms with Crippen molar-refractivity contribution >= 4 is 23.2 Å². The number of nitrogens with one attached hydrogen (secondary N) is 3. The third-order valence-corrected chi connectivity index (χ3v) is 4.55. The first-order valence-electron chi connectivity index (χ1n) is 9.03. The first-order chi connectivity index (χ1) is 12.9. The van der Waals surface area contributed by atoms with E-state index in [-0.39, 0.29) is 17.5 Å².